The normalized spacial score (nSPS) is 15.8. The smallest absolute Gasteiger partial charge is 0.317 e. The first-order valence-electron chi connectivity index (χ1n) is 13.6. The van der Waals surface area contributed by atoms with Crippen molar-refractivity contribution in [3.05, 3.63) is 59.4 Å². The maximum atomic E-state index is 12.7. The summed E-state index contributed by atoms with van der Waals surface area (Å²) in [6.07, 6.45) is 9.06. The molecular formula is C28H34ClN9O2. The van der Waals surface area contributed by atoms with E-state index in [9.17, 15) is 9.59 Å². The van der Waals surface area contributed by atoms with E-state index in [0.29, 0.717) is 52.9 Å². The van der Waals surface area contributed by atoms with Gasteiger partial charge in [0.15, 0.2) is 5.82 Å². The van der Waals surface area contributed by atoms with E-state index in [1.54, 1.807) is 31.4 Å². The number of pyridine rings is 1. The fourth-order valence-electron chi connectivity index (χ4n) is 4.99. The molecule has 0 unspecified atom stereocenters. The summed E-state index contributed by atoms with van der Waals surface area (Å²) in [6.45, 7) is 2.78. The van der Waals surface area contributed by atoms with Crippen molar-refractivity contribution in [3.8, 4) is 0 Å². The number of nitrogens with zero attached hydrogens (tertiary/aromatic N) is 5. The lowest BCUT2D eigenvalue weighted by molar-refractivity contribution is 0.0964. The molecule has 2 aliphatic rings. The zero-order valence-electron chi connectivity index (χ0n) is 22.5. The number of para-hydroxylation sites is 1. The molecule has 5 rings (SSSR count). The predicted octanol–water partition coefficient (Wildman–Crippen LogP) is 4.54. The van der Waals surface area contributed by atoms with Gasteiger partial charge in [-0.15, -0.1) is 0 Å². The minimum Gasteiger partial charge on any atom is -0.355 e. The third-order valence-electron chi connectivity index (χ3n) is 7.22. The molecule has 1 saturated heterocycles. The number of rotatable bonds is 7. The summed E-state index contributed by atoms with van der Waals surface area (Å²) in [5.41, 5.74) is 1.76. The largest absolute Gasteiger partial charge is 0.355 e. The Bertz CT molecular complexity index is 1320. The lowest BCUT2D eigenvalue weighted by Gasteiger charge is -2.36. The predicted molar refractivity (Wildman–Crippen MR) is 157 cm³/mol. The third-order valence-corrected chi connectivity index (χ3v) is 7.50. The molecule has 2 fully saturated rings. The number of carbonyl (C=O) groups is 2. The van der Waals surface area contributed by atoms with Crippen LogP contribution in [0.15, 0.2) is 48.8 Å². The molecule has 1 aliphatic carbocycles. The first-order valence-corrected chi connectivity index (χ1v) is 14.0. The van der Waals surface area contributed by atoms with Gasteiger partial charge in [-0.2, -0.15) is 4.98 Å². The molecule has 3 heterocycles. The molecule has 12 heteroatoms. The van der Waals surface area contributed by atoms with Gasteiger partial charge in [0.05, 0.1) is 29.3 Å². The second kappa shape index (κ2) is 12.8. The van der Waals surface area contributed by atoms with Gasteiger partial charge in [-0.25, -0.2) is 14.8 Å². The number of halogens is 1. The summed E-state index contributed by atoms with van der Waals surface area (Å²) in [7, 11) is 1.58. The average molecular weight is 564 g/mol. The van der Waals surface area contributed by atoms with Crippen LogP contribution in [0.2, 0.25) is 5.02 Å². The van der Waals surface area contributed by atoms with Crippen LogP contribution in [0, 0.1) is 0 Å². The molecule has 1 saturated carbocycles. The highest BCUT2D eigenvalue weighted by Crippen LogP contribution is 2.27. The van der Waals surface area contributed by atoms with Crippen LogP contribution in [-0.4, -0.2) is 71.1 Å². The molecule has 210 valence electrons. The van der Waals surface area contributed by atoms with E-state index in [4.69, 9.17) is 11.6 Å². The Kier molecular flexibility index (Phi) is 8.80. The van der Waals surface area contributed by atoms with Gasteiger partial charge in [-0.1, -0.05) is 43.0 Å². The molecule has 1 aromatic carbocycles. The average Bonchev–Trinajstić information content (AvgIpc) is 3.00. The molecule has 0 bridgehead atoms. The van der Waals surface area contributed by atoms with E-state index >= 15 is 0 Å². The van der Waals surface area contributed by atoms with Crippen LogP contribution >= 0.6 is 11.6 Å². The van der Waals surface area contributed by atoms with Crippen molar-refractivity contribution < 1.29 is 9.59 Å². The topological polar surface area (TPSA) is 127 Å². The van der Waals surface area contributed by atoms with Crippen LogP contribution in [0.5, 0.6) is 0 Å². The zero-order chi connectivity index (χ0) is 27.9. The maximum absolute atomic E-state index is 12.7. The Hall–Kier alpha value is -4.12. The SMILES string of the molecule is CNC(=O)c1ccccc1Nc1nc(Nc2ccc(N3CCN(C(=O)NC4CCCCC4)CC3)nc2)ncc1Cl. The first-order chi connectivity index (χ1) is 19.5. The number of hydrogen-bond acceptors (Lipinski definition) is 8. The zero-order valence-corrected chi connectivity index (χ0v) is 23.2. The fraction of sp³-hybridized carbons (Fsp3) is 0.393. The monoisotopic (exact) mass is 563 g/mol. The molecule has 0 spiro atoms. The summed E-state index contributed by atoms with van der Waals surface area (Å²) in [6, 6.07) is 11.3. The highest BCUT2D eigenvalue weighted by Gasteiger charge is 2.24. The van der Waals surface area contributed by atoms with Crippen LogP contribution in [0.25, 0.3) is 0 Å². The number of amides is 3. The van der Waals surface area contributed by atoms with Crippen molar-refractivity contribution in [1.29, 1.82) is 0 Å². The van der Waals surface area contributed by atoms with Gasteiger partial charge in [0.1, 0.15) is 10.8 Å². The summed E-state index contributed by atoms with van der Waals surface area (Å²) < 4.78 is 0. The number of benzene rings is 1. The Balaban J connectivity index is 1.17. The number of nitrogens with one attached hydrogen (secondary N) is 4. The number of piperazine rings is 1. The Morgan fingerprint density at radius 3 is 2.42 bits per heavy atom. The summed E-state index contributed by atoms with van der Waals surface area (Å²) >= 11 is 6.34. The van der Waals surface area contributed by atoms with Crippen molar-refractivity contribution in [2.24, 2.45) is 0 Å². The van der Waals surface area contributed by atoms with Crippen LogP contribution in [0.4, 0.5) is 33.8 Å². The summed E-state index contributed by atoms with van der Waals surface area (Å²) in [5, 5.41) is 12.4. The molecule has 4 N–H and O–H groups in total. The van der Waals surface area contributed by atoms with E-state index in [1.807, 2.05) is 23.1 Å². The summed E-state index contributed by atoms with van der Waals surface area (Å²) in [5.74, 6) is 1.33. The van der Waals surface area contributed by atoms with Gasteiger partial charge < -0.3 is 31.1 Å². The number of aromatic nitrogens is 3. The number of anilines is 5. The highest BCUT2D eigenvalue weighted by molar-refractivity contribution is 6.33. The summed E-state index contributed by atoms with van der Waals surface area (Å²) in [4.78, 5) is 42.3. The fourth-order valence-corrected chi connectivity index (χ4v) is 5.13. The Morgan fingerprint density at radius 2 is 1.70 bits per heavy atom. The van der Waals surface area contributed by atoms with Gasteiger partial charge in [-0.05, 0) is 37.1 Å². The van der Waals surface area contributed by atoms with E-state index < -0.39 is 0 Å². The van der Waals surface area contributed by atoms with Crippen molar-refractivity contribution in [2.45, 2.75) is 38.1 Å². The van der Waals surface area contributed by atoms with E-state index in [1.165, 1.54) is 25.5 Å². The van der Waals surface area contributed by atoms with Gasteiger partial charge >= 0.3 is 6.03 Å². The number of hydrogen-bond donors (Lipinski definition) is 4. The molecule has 11 nitrogen and oxygen atoms in total. The van der Waals surface area contributed by atoms with Crippen LogP contribution in [-0.2, 0) is 0 Å². The van der Waals surface area contributed by atoms with Crippen molar-refractivity contribution in [3.63, 3.8) is 0 Å². The molecule has 0 radical (unpaired) electrons. The molecule has 0 atom stereocenters. The van der Waals surface area contributed by atoms with Gasteiger partial charge in [0.2, 0.25) is 5.95 Å². The van der Waals surface area contributed by atoms with Gasteiger partial charge in [0, 0.05) is 39.3 Å². The quantitative estimate of drug-likeness (QED) is 0.330. The van der Waals surface area contributed by atoms with Crippen LogP contribution in [0.3, 0.4) is 0 Å². The van der Waals surface area contributed by atoms with Gasteiger partial charge in [-0.3, -0.25) is 4.79 Å². The number of urea groups is 1. The molecule has 3 amide bonds. The lowest BCUT2D eigenvalue weighted by atomic mass is 9.96. The molecule has 3 aromatic rings. The van der Waals surface area contributed by atoms with Gasteiger partial charge in [0.25, 0.3) is 5.91 Å². The van der Waals surface area contributed by atoms with Crippen LogP contribution < -0.4 is 26.2 Å². The Labute approximate surface area is 238 Å². The second-order valence-electron chi connectivity index (χ2n) is 9.93. The van der Waals surface area contributed by atoms with Crippen molar-refractivity contribution >= 4 is 52.5 Å². The molecule has 2 aromatic heterocycles. The second-order valence-corrected chi connectivity index (χ2v) is 10.3. The number of carbonyl (C=O) groups excluding carboxylic acids is 2. The third kappa shape index (κ3) is 6.71. The maximum Gasteiger partial charge on any atom is 0.317 e. The van der Waals surface area contributed by atoms with E-state index in [-0.39, 0.29) is 11.9 Å². The molecular weight excluding hydrogens is 530 g/mol. The lowest BCUT2D eigenvalue weighted by Crippen LogP contribution is -2.53. The van der Waals surface area contributed by atoms with Crippen molar-refractivity contribution in [2.75, 3.05) is 48.8 Å². The standard InChI is InChI=1S/C28H34ClN9O2/c1-30-26(39)21-9-5-6-10-23(21)35-25-22(29)18-32-27(36-25)33-20-11-12-24(31-17-20)37-13-15-38(16-14-37)28(40)34-19-7-3-2-4-8-19/h5-6,9-12,17-19H,2-4,7-8,13-16H2,1H3,(H,30,39)(H,34,40)(H2,32,33,35,36). The first kappa shape index (κ1) is 27.4. The van der Waals surface area contributed by atoms with E-state index in [2.05, 4.69) is 41.1 Å². The Morgan fingerprint density at radius 1 is 0.925 bits per heavy atom. The van der Waals surface area contributed by atoms with Crippen molar-refractivity contribution in [1.82, 2.24) is 30.5 Å². The highest BCUT2D eigenvalue weighted by atomic mass is 35.5. The molecule has 40 heavy (non-hydrogen) atoms. The minimum atomic E-state index is -0.220. The molecule has 1 aliphatic heterocycles. The minimum absolute atomic E-state index is 0.0491. The van der Waals surface area contributed by atoms with Crippen LogP contribution in [0.1, 0.15) is 42.5 Å². The van der Waals surface area contributed by atoms with E-state index in [0.717, 1.165) is 31.7 Å².